The number of aryl methyl sites for hydroxylation is 1. The molecule has 0 bridgehead atoms. The third kappa shape index (κ3) is 3.58. The summed E-state index contributed by atoms with van der Waals surface area (Å²) in [7, 11) is 1.96. The van der Waals surface area contributed by atoms with Crippen LogP contribution in [0.15, 0.2) is 30.5 Å². The van der Waals surface area contributed by atoms with E-state index < -0.39 is 0 Å². The molecule has 0 atom stereocenters. The van der Waals surface area contributed by atoms with Crippen LogP contribution in [0.3, 0.4) is 0 Å². The smallest absolute Gasteiger partial charge is 0.119 e. The molecule has 1 N–H and O–H groups in total. The minimum absolute atomic E-state index is 0.706. The van der Waals surface area contributed by atoms with Gasteiger partial charge in [0.05, 0.1) is 12.8 Å². The van der Waals surface area contributed by atoms with Gasteiger partial charge in [-0.15, -0.1) is 0 Å². The van der Waals surface area contributed by atoms with Gasteiger partial charge in [0, 0.05) is 31.4 Å². The van der Waals surface area contributed by atoms with E-state index in [-0.39, 0.29) is 0 Å². The number of benzene rings is 1. The van der Waals surface area contributed by atoms with Gasteiger partial charge in [-0.3, -0.25) is 4.68 Å². The summed E-state index contributed by atoms with van der Waals surface area (Å²) >= 11 is 0. The molecule has 1 aromatic carbocycles. The maximum absolute atomic E-state index is 5.42. The molecular weight excluding hydrogens is 238 g/mol. The minimum atomic E-state index is 0.706. The molecule has 0 aliphatic rings. The second-order valence-corrected chi connectivity index (χ2v) is 4.56. The largest absolute Gasteiger partial charge is 0.494 e. The van der Waals surface area contributed by atoms with Crippen LogP contribution >= 0.6 is 0 Å². The average molecular weight is 259 g/mol. The molecule has 0 saturated heterocycles. The van der Waals surface area contributed by atoms with Crippen molar-refractivity contribution >= 4 is 0 Å². The fourth-order valence-corrected chi connectivity index (χ4v) is 1.93. The third-order valence-corrected chi connectivity index (χ3v) is 3.22. The number of nitrogens with one attached hydrogen (secondary N) is 1. The van der Waals surface area contributed by atoms with Crippen LogP contribution in [0.4, 0.5) is 0 Å². The Morgan fingerprint density at radius 3 is 2.53 bits per heavy atom. The fraction of sp³-hybridized carbons (Fsp3) is 0.400. The maximum Gasteiger partial charge on any atom is 0.119 e. The number of ether oxygens (including phenoxy) is 1. The van der Waals surface area contributed by atoms with Gasteiger partial charge in [-0.1, -0.05) is 12.1 Å². The van der Waals surface area contributed by atoms with Crippen LogP contribution in [-0.4, -0.2) is 16.4 Å². The predicted octanol–water partition coefficient (Wildman–Crippen LogP) is 2.42. The standard InChI is InChI=1S/C15H21N3O/c1-4-19-15-7-5-13(6-8-15)9-16-10-14-11-17-18(3)12(14)2/h5-8,11,16H,4,9-10H2,1-3H3. The monoisotopic (exact) mass is 259 g/mol. The Labute approximate surface area is 114 Å². The average Bonchev–Trinajstić information content (AvgIpc) is 2.73. The molecule has 0 aliphatic carbocycles. The van der Waals surface area contributed by atoms with Crippen molar-refractivity contribution in [2.24, 2.45) is 7.05 Å². The molecule has 0 amide bonds. The second-order valence-electron chi connectivity index (χ2n) is 4.56. The molecule has 1 aromatic heterocycles. The van der Waals surface area contributed by atoms with E-state index in [9.17, 15) is 0 Å². The molecule has 1 heterocycles. The first kappa shape index (κ1) is 13.6. The summed E-state index contributed by atoms with van der Waals surface area (Å²) in [5.74, 6) is 0.925. The molecule has 4 nitrogen and oxygen atoms in total. The Hall–Kier alpha value is -1.81. The molecule has 2 aromatic rings. The molecule has 0 fully saturated rings. The van der Waals surface area contributed by atoms with Gasteiger partial charge >= 0.3 is 0 Å². The topological polar surface area (TPSA) is 39.1 Å². The SMILES string of the molecule is CCOc1ccc(CNCc2cnn(C)c2C)cc1. The van der Waals surface area contributed by atoms with Crippen LogP contribution in [0, 0.1) is 6.92 Å². The van der Waals surface area contributed by atoms with Gasteiger partial charge in [0.15, 0.2) is 0 Å². The Bertz CT molecular complexity index is 517. The summed E-state index contributed by atoms with van der Waals surface area (Å²) in [6, 6.07) is 8.20. The van der Waals surface area contributed by atoms with Crippen molar-refractivity contribution in [2.45, 2.75) is 26.9 Å². The molecule has 19 heavy (non-hydrogen) atoms. The van der Waals surface area contributed by atoms with Crippen molar-refractivity contribution < 1.29 is 4.74 Å². The lowest BCUT2D eigenvalue weighted by Gasteiger charge is -2.06. The molecular formula is C15H21N3O. The summed E-state index contributed by atoms with van der Waals surface area (Å²) in [4.78, 5) is 0. The van der Waals surface area contributed by atoms with Gasteiger partial charge < -0.3 is 10.1 Å². The van der Waals surface area contributed by atoms with Gasteiger partial charge in [0.25, 0.3) is 0 Å². The lowest BCUT2D eigenvalue weighted by atomic mass is 10.2. The number of hydrogen-bond donors (Lipinski definition) is 1. The predicted molar refractivity (Wildman–Crippen MR) is 76.1 cm³/mol. The van der Waals surface area contributed by atoms with E-state index in [0.29, 0.717) is 6.61 Å². The van der Waals surface area contributed by atoms with Crippen molar-refractivity contribution in [3.8, 4) is 5.75 Å². The Morgan fingerprint density at radius 1 is 1.21 bits per heavy atom. The highest BCUT2D eigenvalue weighted by atomic mass is 16.5. The van der Waals surface area contributed by atoms with Crippen molar-refractivity contribution in [1.82, 2.24) is 15.1 Å². The van der Waals surface area contributed by atoms with E-state index in [1.54, 1.807) is 0 Å². The number of hydrogen-bond acceptors (Lipinski definition) is 3. The van der Waals surface area contributed by atoms with Crippen molar-refractivity contribution in [1.29, 1.82) is 0 Å². The summed E-state index contributed by atoms with van der Waals surface area (Å²) in [6.45, 7) is 6.47. The number of aromatic nitrogens is 2. The first-order valence-electron chi connectivity index (χ1n) is 6.60. The van der Waals surface area contributed by atoms with E-state index in [1.165, 1.54) is 16.8 Å². The van der Waals surface area contributed by atoms with E-state index in [2.05, 4.69) is 29.5 Å². The van der Waals surface area contributed by atoms with Crippen LogP contribution in [0.2, 0.25) is 0 Å². The molecule has 0 unspecified atom stereocenters. The van der Waals surface area contributed by atoms with Crippen LogP contribution in [0.25, 0.3) is 0 Å². The molecule has 102 valence electrons. The highest BCUT2D eigenvalue weighted by molar-refractivity contribution is 5.27. The van der Waals surface area contributed by atoms with E-state index in [4.69, 9.17) is 4.74 Å². The maximum atomic E-state index is 5.42. The zero-order chi connectivity index (χ0) is 13.7. The van der Waals surface area contributed by atoms with Gasteiger partial charge in [-0.05, 0) is 31.5 Å². The van der Waals surface area contributed by atoms with Gasteiger partial charge in [-0.25, -0.2) is 0 Å². The molecule has 2 rings (SSSR count). The van der Waals surface area contributed by atoms with Gasteiger partial charge in [-0.2, -0.15) is 5.10 Å². The Balaban J connectivity index is 1.84. The molecule has 0 spiro atoms. The summed E-state index contributed by atoms with van der Waals surface area (Å²) in [6.07, 6.45) is 1.92. The van der Waals surface area contributed by atoms with Crippen molar-refractivity contribution in [2.75, 3.05) is 6.61 Å². The van der Waals surface area contributed by atoms with Gasteiger partial charge in [0.1, 0.15) is 5.75 Å². The second kappa shape index (κ2) is 6.38. The van der Waals surface area contributed by atoms with Gasteiger partial charge in [0.2, 0.25) is 0 Å². The number of nitrogens with zero attached hydrogens (tertiary/aromatic N) is 2. The molecule has 0 saturated carbocycles. The summed E-state index contributed by atoms with van der Waals surface area (Å²) in [5, 5.41) is 7.66. The lowest BCUT2D eigenvalue weighted by molar-refractivity contribution is 0.340. The Kier molecular flexibility index (Phi) is 4.58. The zero-order valence-electron chi connectivity index (χ0n) is 11.8. The van der Waals surface area contributed by atoms with Crippen molar-refractivity contribution in [3.05, 3.63) is 47.3 Å². The first-order chi connectivity index (χ1) is 9.20. The third-order valence-electron chi connectivity index (χ3n) is 3.22. The highest BCUT2D eigenvalue weighted by Gasteiger charge is 2.02. The zero-order valence-corrected chi connectivity index (χ0v) is 11.8. The number of rotatable bonds is 6. The van der Waals surface area contributed by atoms with Crippen molar-refractivity contribution in [3.63, 3.8) is 0 Å². The van der Waals surface area contributed by atoms with Crippen LogP contribution < -0.4 is 10.1 Å². The Morgan fingerprint density at radius 2 is 1.95 bits per heavy atom. The minimum Gasteiger partial charge on any atom is -0.494 e. The summed E-state index contributed by atoms with van der Waals surface area (Å²) in [5.41, 5.74) is 3.71. The van der Waals surface area contributed by atoms with Crippen LogP contribution in [0.5, 0.6) is 5.75 Å². The van der Waals surface area contributed by atoms with Crippen LogP contribution in [-0.2, 0) is 20.1 Å². The first-order valence-corrected chi connectivity index (χ1v) is 6.60. The molecule has 0 radical (unpaired) electrons. The van der Waals surface area contributed by atoms with E-state index >= 15 is 0 Å². The van der Waals surface area contributed by atoms with E-state index in [1.807, 2.05) is 37.0 Å². The summed E-state index contributed by atoms with van der Waals surface area (Å²) < 4.78 is 7.32. The normalized spacial score (nSPS) is 10.7. The van der Waals surface area contributed by atoms with E-state index in [0.717, 1.165) is 18.8 Å². The fourth-order valence-electron chi connectivity index (χ4n) is 1.93. The highest BCUT2D eigenvalue weighted by Crippen LogP contribution is 2.12. The lowest BCUT2D eigenvalue weighted by Crippen LogP contribution is -2.13. The van der Waals surface area contributed by atoms with Crippen LogP contribution in [0.1, 0.15) is 23.7 Å². The molecule has 0 aliphatic heterocycles. The quantitative estimate of drug-likeness (QED) is 0.866. The molecule has 4 heteroatoms.